The summed E-state index contributed by atoms with van der Waals surface area (Å²) in [5, 5.41) is 2.85. The van der Waals surface area contributed by atoms with Crippen LogP contribution in [0.5, 0.6) is 11.5 Å². The number of benzene rings is 2. The van der Waals surface area contributed by atoms with Crippen LogP contribution in [0.2, 0.25) is 0 Å². The molecule has 7 heteroatoms. The molecule has 1 amide bonds. The van der Waals surface area contributed by atoms with Gasteiger partial charge in [-0.15, -0.1) is 11.8 Å². The fourth-order valence-corrected chi connectivity index (χ4v) is 3.16. The van der Waals surface area contributed by atoms with Crippen LogP contribution < -0.4 is 14.8 Å². The summed E-state index contributed by atoms with van der Waals surface area (Å²) in [6.45, 7) is 2.87. The monoisotopic (exact) mass is 365 g/mol. The number of carbonyl (C=O) groups excluding carboxylic acids is 1. The van der Waals surface area contributed by atoms with E-state index in [1.54, 1.807) is 0 Å². The highest BCUT2D eigenvalue weighted by atomic mass is 32.2. The van der Waals surface area contributed by atoms with Gasteiger partial charge >= 0.3 is 0 Å². The predicted molar refractivity (Wildman–Crippen MR) is 91.1 cm³/mol. The zero-order valence-corrected chi connectivity index (χ0v) is 14.4. The van der Waals surface area contributed by atoms with Gasteiger partial charge in [-0.2, -0.15) is 0 Å². The number of ether oxygens (including phenoxy) is 2. The number of fused-ring (bicyclic) bond motifs is 1. The first-order valence-corrected chi connectivity index (χ1v) is 8.78. The third kappa shape index (κ3) is 4.42. The Morgan fingerprint density at radius 1 is 1.16 bits per heavy atom. The number of amides is 1. The van der Waals surface area contributed by atoms with Gasteiger partial charge in [-0.3, -0.25) is 4.79 Å². The molecule has 25 heavy (non-hydrogen) atoms. The van der Waals surface area contributed by atoms with E-state index in [1.165, 1.54) is 12.1 Å². The van der Waals surface area contributed by atoms with Crippen LogP contribution in [0, 0.1) is 11.6 Å². The van der Waals surface area contributed by atoms with Crippen LogP contribution in [0.4, 0.5) is 8.78 Å². The van der Waals surface area contributed by atoms with Gasteiger partial charge in [0, 0.05) is 11.0 Å². The van der Waals surface area contributed by atoms with Gasteiger partial charge in [0.25, 0.3) is 0 Å². The van der Waals surface area contributed by atoms with Crippen molar-refractivity contribution in [1.29, 1.82) is 0 Å². The number of hydrogen-bond donors (Lipinski definition) is 1. The molecule has 0 spiro atoms. The average molecular weight is 365 g/mol. The number of nitrogens with one attached hydrogen (secondary N) is 1. The Morgan fingerprint density at radius 3 is 2.68 bits per heavy atom. The largest absolute Gasteiger partial charge is 0.486 e. The van der Waals surface area contributed by atoms with Crippen LogP contribution in [-0.2, 0) is 4.79 Å². The summed E-state index contributed by atoms with van der Waals surface area (Å²) < 4.78 is 37.5. The second-order valence-corrected chi connectivity index (χ2v) is 6.57. The zero-order chi connectivity index (χ0) is 17.8. The Morgan fingerprint density at radius 2 is 1.92 bits per heavy atom. The molecule has 1 unspecified atom stereocenters. The van der Waals surface area contributed by atoms with Crippen molar-refractivity contribution in [2.75, 3.05) is 19.0 Å². The molecule has 0 fully saturated rings. The smallest absolute Gasteiger partial charge is 0.230 e. The number of carbonyl (C=O) groups is 1. The van der Waals surface area contributed by atoms with Crippen molar-refractivity contribution in [3.63, 3.8) is 0 Å². The Hall–Kier alpha value is -2.28. The minimum Gasteiger partial charge on any atom is -0.486 e. The van der Waals surface area contributed by atoms with Gasteiger partial charge in [0.05, 0.1) is 11.8 Å². The van der Waals surface area contributed by atoms with E-state index in [9.17, 15) is 13.6 Å². The number of rotatable bonds is 5. The number of thioether (sulfide) groups is 1. The Balaban J connectivity index is 1.57. The van der Waals surface area contributed by atoms with Crippen molar-refractivity contribution in [3.05, 3.63) is 53.6 Å². The molecule has 132 valence electrons. The summed E-state index contributed by atoms with van der Waals surface area (Å²) in [7, 11) is 0. The maximum absolute atomic E-state index is 13.6. The van der Waals surface area contributed by atoms with E-state index in [4.69, 9.17) is 9.47 Å². The zero-order valence-electron chi connectivity index (χ0n) is 13.6. The topological polar surface area (TPSA) is 47.6 Å². The van der Waals surface area contributed by atoms with E-state index in [0.717, 1.165) is 23.4 Å². The molecule has 4 nitrogen and oxygen atoms in total. The molecule has 1 aliphatic heterocycles. The molecule has 3 rings (SSSR count). The summed E-state index contributed by atoms with van der Waals surface area (Å²) in [5.74, 6) is -0.159. The molecule has 0 saturated carbocycles. The van der Waals surface area contributed by atoms with Gasteiger partial charge in [-0.1, -0.05) is 6.07 Å². The lowest BCUT2D eigenvalue weighted by atomic mass is 10.1. The molecule has 0 radical (unpaired) electrons. The molecule has 2 aromatic rings. The first-order valence-electron chi connectivity index (χ1n) is 7.79. The van der Waals surface area contributed by atoms with Crippen molar-refractivity contribution < 1.29 is 23.0 Å². The molecule has 0 saturated heterocycles. The highest BCUT2D eigenvalue weighted by molar-refractivity contribution is 8.00. The predicted octanol–water partition coefficient (Wildman–Crippen LogP) is 3.71. The second-order valence-electron chi connectivity index (χ2n) is 5.56. The number of halogens is 2. The third-order valence-corrected chi connectivity index (χ3v) is 4.75. The lowest BCUT2D eigenvalue weighted by Gasteiger charge is -2.21. The van der Waals surface area contributed by atoms with Crippen LogP contribution in [-0.4, -0.2) is 24.9 Å². The highest BCUT2D eigenvalue weighted by Crippen LogP contribution is 2.32. The molecule has 2 aromatic carbocycles. The van der Waals surface area contributed by atoms with E-state index in [-0.39, 0.29) is 22.6 Å². The Kier molecular flexibility index (Phi) is 5.43. The van der Waals surface area contributed by atoms with Crippen LogP contribution in [0.3, 0.4) is 0 Å². The van der Waals surface area contributed by atoms with E-state index in [1.807, 2.05) is 25.1 Å². The Bertz CT molecular complexity index is 785. The first kappa shape index (κ1) is 17.5. The van der Waals surface area contributed by atoms with Gasteiger partial charge in [0.2, 0.25) is 5.91 Å². The summed E-state index contributed by atoms with van der Waals surface area (Å²) in [5.41, 5.74) is 0.885. The summed E-state index contributed by atoms with van der Waals surface area (Å²) in [4.78, 5) is 12.3. The van der Waals surface area contributed by atoms with Crippen LogP contribution in [0.1, 0.15) is 18.5 Å². The van der Waals surface area contributed by atoms with Crippen molar-refractivity contribution in [1.82, 2.24) is 5.32 Å². The van der Waals surface area contributed by atoms with Crippen molar-refractivity contribution >= 4 is 17.7 Å². The lowest BCUT2D eigenvalue weighted by molar-refractivity contribution is -0.119. The standard InChI is InChI=1S/C18H17F2NO3S/c1-11(12-2-4-15-16(8-12)24-7-6-23-15)21-18(22)10-25-17-5-3-13(19)9-14(17)20/h2-5,8-9,11H,6-7,10H2,1H3,(H,21,22). The van der Waals surface area contributed by atoms with Crippen molar-refractivity contribution in [3.8, 4) is 11.5 Å². The van der Waals surface area contributed by atoms with E-state index in [2.05, 4.69) is 5.32 Å². The fourth-order valence-electron chi connectivity index (χ4n) is 2.43. The molecule has 1 aliphatic rings. The summed E-state index contributed by atoms with van der Waals surface area (Å²) >= 11 is 1.03. The second kappa shape index (κ2) is 7.74. The van der Waals surface area contributed by atoms with Crippen LogP contribution in [0.25, 0.3) is 0 Å². The van der Waals surface area contributed by atoms with E-state index >= 15 is 0 Å². The van der Waals surface area contributed by atoms with Crippen LogP contribution >= 0.6 is 11.8 Å². The maximum Gasteiger partial charge on any atom is 0.230 e. The van der Waals surface area contributed by atoms with Crippen molar-refractivity contribution in [2.24, 2.45) is 0 Å². The third-order valence-electron chi connectivity index (χ3n) is 3.70. The minimum absolute atomic E-state index is 0.0391. The molecular formula is C18H17F2NO3S. The molecule has 1 atom stereocenters. The minimum atomic E-state index is -0.669. The van der Waals surface area contributed by atoms with Gasteiger partial charge in [-0.25, -0.2) is 8.78 Å². The molecule has 1 N–H and O–H groups in total. The number of hydrogen-bond acceptors (Lipinski definition) is 4. The molecule has 1 heterocycles. The molecule has 0 aromatic heterocycles. The molecule has 0 bridgehead atoms. The van der Waals surface area contributed by atoms with Gasteiger partial charge < -0.3 is 14.8 Å². The molecular weight excluding hydrogens is 348 g/mol. The van der Waals surface area contributed by atoms with Crippen molar-refractivity contribution in [2.45, 2.75) is 17.9 Å². The quantitative estimate of drug-likeness (QED) is 0.821. The normalized spacial score (nSPS) is 14.0. The lowest BCUT2D eigenvalue weighted by Crippen LogP contribution is -2.28. The summed E-state index contributed by atoms with van der Waals surface area (Å²) in [6.07, 6.45) is 0. The van der Waals surface area contributed by atoms with Gasteiger partial charge in [0.1, 0.15) is 24.8 Å². The summed E-state index contributed by atoms with van der Waals surface area (Å²) in [6, 6.07) is 8.58. The maximum atomic E-state index is 13.6. The average Bonchev–Trinajstić information content (AvgIpc) is 2.60. The first-order chi connectivity index (χ1) is 12.0. The highest BCUT2D eigenvalue weighted by Gasteiger charge is 2.16. The SMILES string of the molecule is CC(NC(=O)CSc1ccc(F)cc1F)c1ccc2c(c1)OCCO2. The Labute approximate surface area is 148 Å². The van der Waals surface area contributed by atoms with Crippen LogP contribution in [0.15, 0.2) is 41.3 Å². The van der Waals surface area contributed by atoms with Gasteiger partial charge in [-0.05, 0) is 36.8 Å². The van der Waals surface area contributed by atoms with E-state index < -0.39 is 11.6 Å². The molecule has 0 aliphatic carbocycles. The fraction of sp³-hybridized carbons (Fsp3) is 0.278. The van der Waals surface area contributed by atoms with Gasteiger partial charge in [0.15, 0.2) is 11.5 Å². The van der Waals surface area contributed by atoms with E-state index in [0.29, 0.717) is 24.7 Å².